The van der Waals surface area contributed by atoms with Crippen LogP contribution in [0, 0.1) is 20.8 Å². The molecule has 1 N–H and O–H groups in total. The quantitative estimate of drug-likeness (QED) is 0.472. The number of aromatic nitrogens is 4. The number of amides is 1. The molecule has 4 aromatic rings. The number of benzene rings is 2. The highest BCUT2D eigenvalue weighted by molar-refractivity contribution is 5.95. The number of nitrogens with zero attached hydrogens (tertiary/aromatic N) is 6. The summed E-state index contributed by atoms with van der Waals surface area (Å²) in [5.74, 6) is 1.46. The van der Waals surface area contributed by atoms with Gasteiger partial charge in [-0.15, -0.1) is 0 Å². The summed E-state index contributed by atoms with van der Waals surface area (Å²) in [6.07, 6.45) is 1.67. The van der Waals surface area contributed by atoms with E-state index in [-0.39, 0.29) is 5.91 Å². The lowest BCUT2D eigenvalue weighted by Crippen LogP contribution is -2.49. The van der Waals surface area contributed by atoms with Crippen molar-refractivity contribution in [1.82, 2.24) is 24.6 Å². The number of aryl methyl sites for hydroxylation is 2. The molecule has 1 fully saturated rings. The van der Waals surface area contributed by atoms with Crippen molar-refractivity contribution in [1.29, 1.82) is 0 Å². The van der Waals surface area contributed by atoms with Crippen molar-refractivity contribution < 1.29 is 4.79 Å². The first-order valence-electron chi connectivity index (χ1n) is 11.8. The van der Waals surface area contributed by atoms with E-state index in [1.54, 1.807) is 6.20 Å². The Balaban J connectivity index is 1.26. The van der Waals surface area contributed by atoms with Crippen molar-refractivity contribution in [2.45, 2.75) is 20.8 Å². The van der Waals surface area contributed by atoms with Crippen LogP contribution in [0.5, 0.6) is 0 Å². The molecule has 8 heteroatoms. The minimum absolute atomic E-state index is 0.0184. The standard InChI is InChI=1S/C27H29N7O/c1-19-9-11-22(12-10-19)30-27-29-20(2)17-25(31-27)32-13-15-33(16-14-32)26(35)24-18-28-34(21(24)3)23-7-5-4-6-8-23/h4-12,17-18H,13-16H2,1-3H3,(H,29,30,31). The molecule has 1 aliphatic heterocycles. The summed E-state index contributed by atoms with van der Waals surface area (Å²) in [7, 11) is 0. The minimum Gasteiger partial charge on any atom is -0.353 e. The third-order valence-electron chi connectivity index (χ3n) is 6.28. The molecule has 2 aromatic carbocycles. The fraction of sp³-hybridized carbons (Fsp3) is 0.259. The second-order valence-corrected chi connectivity index (χ2v) is 8.85. The van der Waals surface area contributed by atoms with Gasteiger partial charge in [0, 0.05) is 43.6 Å². The van der Waals surface area contributed by atoms with Crippen molar-refractivity contribution >= 4 is 23.4 Å². The van der Waals surface area contributed by atoms with E-state index in [2.05, 4.69) is 39.4 Å². The van der Waals surface area contributed by atoms with Crippen molar-refractivity contribution in [3.05, 3.63) is 89.4 Å². The van der Waals surface area contributed by atoms with E-state index in [4.69, 9.17) is 4.98 Å². The number of rotatable bonds is 5. The van der Waals surface area contributed by atoms with Crippen LogP contribution in [0.3, 0.4) is 0 Å². The van der Waals surface area contributed by atoms with E-state index in [0.29, 0.717) is 37.7 Å². The average molecular weight is 468 g/mol. The van der Waals surface area contributed by atoms with Gasteiger partial charge < -0.3 is 15.1 Å². The maximum absolute atomic E-state index is 13.3. The Labute approximate surface area is 205 Å². The maximum atomic E-state index is 13.3. The molecule has 1 amide bonds. The first-order valence-corrected chi connectivity index (χ1v) is 11.8. The zero-order valence-corrected chi connectivity index (χ0v) is 20.3. The van der Waals surface area contributed by atoms with Gasteiger partial charge in [-0.3, -0.25) is 4.79 Å². The number of carbonyl (C=O) groups is 1. The zero-order valence-electron chi connectivity index (χ0n) is 20.3. The van der Waals surface area contributed by atoms with E-state index in [1.165, 1.54) is 5.56 Å². The normalized spacial score (nSPS) is 13.7. The van der Waals surface area contributed by atoms with Gasteiger partial charge in [0.15, 0.2) is 0 Å². The van der Waals surface area contributed by atoms with E-state index in [9.17, 15) is 4.79 Å². The predicted octanol–water partition coefficient (Wildman–Crippen LogP) is 4.29. The van der Waals surface area contributed by atoms with Crippen LogP contribution in [0.4, 0.5) is 17.5 Å². The lowest BCUT2D eigenvalue weighted by atomic mass is 10.2. The molecule has 0 spiro atoms. The molecule has 5 rings (SSSR count). The zero-order chi connectivity index (χ0) is 24.4. The van der Waals surface area contributed by atoms with Crippen molar-refractivity contribution in [3.8, 4) is 5.69 Å². The number of hydrogen-bond acceptors (Lipinski definition) is 6. The van der Waals surface area contributed by atoms with Gasteiger partial charge in [-0.25, -0.2) is 9.67 Å². The minimum atomic E-state index is 0.0184. The molecule has 8 nitrogen and oxygen atoms in total. The first kappa shape index (κ1) is 22.6. The molecule has 0 saturated carbocycles. The Morgan fingerprint density at radius 3 is 2.31 bits per heavy atom. The summed E-state index contributed by atoms with van der Waals surface area (Å²) < 4.78 is 1.82. The molecule has 1 aliphatic rings. The number of hydrogen-bond donors (Lipinski definition) is 1. The molecule has 0 radical (unpaired) electrons. The van der Waals surface area contributed by atoms with Gasteiger partial charge in [-0.1, -0.05) is 35.9 Å². The Hall–Kier alpha value is -4.20. The number of piperazine rings is 1. The van der Waals surface area contributed by atoms with Crippen LogP contribution in [0.2, 0.25) is 0 Å². The Bertz CT molecular complexity index is 1320. The Kier molecular flexibility index (Phi) is 6.18. The molecule has 0 unspecified atom stereocenters. The highest BCUT2D eigenvalue weighted by Crippen LogP contribution is 2.21. The molecular weight excluding hydrogens is 438 g/mol. The smallest absolute Gasteiger partial charge is 0.257 e. The average Bonchev–Trinajstić information content (AvgIpc) is 3.26. The maximum Gasteiger partial charge on any atom is 0.257 e. The van der Waals surface area contributed by atoms with Crippen LogP contribution in [-0.2, 0) is 0 Å². The van der Waals surface area contributed by atoms with Crippen LogP contribution in [0.25, 0.3) is 5.69 Å². The number of anilines is 3. The number of nitrogens with one attached hydrogen (secondary N) is 1. The fourth-order valence-electron chi connectivity index (χ4n) is 4.29. The van der Waals surface area contributed by atoms with Gasteiger partial charge >= 0.3 is 0 Å². The second kappa shape index (κ2) is 9.58. The van der Waals surface area contributed by atoms with Crippen molar-refractivity contribution in [2.75, 3.05) is 36.4 Å². The SMILES string of the molecule is Cc1ccc(Nc2nc(C)cc(N3CCN(C(=O)c4cnn(-c5ccccc5)c4C)CC3)n2)cc1. The van der Waals surface area contributed by atoms with E-state index in [0.717, 1.165) is 28.6 Å². The number of para-hydroxylation sites is 1. The summed E-state index contributed by atoms with van der Waals surface area (Å²) >= 11 is 0. The van der Waals surface area contributed by atoms with Crippen LogP contribution < -0.4 is 10.2 Å². The highest BCUT2D eigenvalue weighted by Gasteiger charge is 2.26. The summed E-state index contributed by atoms with van der Waals surface area (Å²) in [4.78, 5) is 26.7. The summed E-state index contributed by atoms with van der Waals surface area (Å²) in [6, 6.07) is 20.0. The largest absolute Gasteiger partial charge is 0.353 e. The monoisotopic (exact) mass is 467 g/mol. The van der Waals surface area contributed by atoms with Crippen LogP contribution in [-0.4, -0.2) is 56.7 Å². The molecule has 3 heterocycles. The van der Waals surface area contributed by atoms with Gasteiger partial charge in [-0.2, -0.15) is 10.1 Å². The molecule has 0 atom stereocenters. The van der Waals surface area contributed by atoms with Gasteiger partial charge in [0.2, 0.25) is 5.95 Å². The van der Waals surface area contributed by atoms with Crippen LogP contribution in [0.15, 0.2) is 66.9 Å². The molecule has 35 heavy (non-hydrogen) atoms. The van der Waals surface area contributed by atoms with E-state index >= 15 is 0 Å². The third kappa shape index (κ3) is 4.87. The van der Waals surface area contributed by atoms with E-state index in [1.807, 2.05) is 72.0 Å². The summed E-state index contributed by atoms with van der Waals surface area (Å²) in [6.45, 7) is 8.63. The summed E-state index contributed by atoms with van der Waals surface area (Å²) in [5.41, 5.74) is 5.49. The van der Waals surface area contributed by atoms with Gasteiger partial charge in [0.05, 0.1) is 23.1 Å². The molecular formula is C27H29N7O. The predicted molar refractivity (Wildman–Crippen MR) is 138 cm³/mol. The highest BCUT2D eigenvalue weighted by atomic mass is 16.2. The lowest BCUT2D eigenvalue weighted by Gasteiger charge is -2.35. The number of carbonyl (C=O) groups excluding carboxylic acids is 1. The first-order chi connectivity index (χ1) is 17.0. The van der Waals surface area contributed by atoms with Crippen molar-refractivity contribution in [2.24, 2.45) is 0 Å². The van der Waals surface area contributed by atoms with Crippen LogP contribution in [0.1, 0.15) is 27.3 Å². The second-order valence-electron chi connectivity index (χ2n) is 8.85. The molecule has 0 bridgehead atoms. The topological polar surface area (TPSA) is 79.2 Å². The molecule has 0 aliphatic carbocycles. The van der Waals surface area contributed by atoms with Gasteiger partial charge in [0.1, 0.15) is 5.82 Å². The Morgan fingerprint density at radius 1 is 0.886 bits per heavy atom. The lowest BCUT2D eigenvalue weighted by molar-refractivity contribution is 0.0745. The molecule has 2 aromatic heterocycles. The summed E-state index contributed by atoms with van der Waals surface area (Å²) in [5, 5.41) is 7.76. The third-order valence-corrected chi connectivity index (χ3v) is 6.28. The Morgan fingerprint density at radius 2 is 1.60 bits per heavy atom. The molecule has 178 valence electrons. The van der Waals surface area contributed by atoms with Gasteiger partial charge in [-0.05, 0) is 45.0 Å². The van der Waals surface area contributed by atoms with Gasteiger partial charge in [0.25, 0.3) is 5.91 Å². The van der Waals surface area contributed by atoms with Crippen LogP contribution >= 0.6 is 0 Å². The van der Waals surface area contributed by atoms with Crippen molar-refractivity contribution in [3.63, 3.8) is 0 Å². The molecule has 1 saturated heterocycles. The fourth-order valence-corrected chi connectivity index (χ4v) is 4.29. The van der Waals surface area contributed by atoms with E-state index < -0.39 is 0 Å².